The van der Waals surface area contributed by atoms with Gasteiger partial charge in [-0.25, -0.2) is 13.4 Å². The molecule has 0 unspecified atom stereocenters. The molecule has 0 amide bonds. The maximum Gasteiger partial charge on any atom is 0.243 e. The number of nitrogens with zero attached hydrogens (tertiary/aromatic N) is 3. The van der Waals surface area contributed by atoms with Crippen molar-refractivity contribution in [2.45, 2.75) is 44.0 Å². The fourth-order valence-electron chi connectivity index (χ4n) is 3.28. The van der Waals surface area contributed by atoms with Crippen LogP contribution in [0.1, 0.15) is 34.7 Å². The van der Waals surface area contributed by atoms with E-state index in [4.69, 9.17) is 0 Å². The molecule has 1 aromatic heterocycles. The van der Waals surface area contributed by atoms with Crippen molar-refractivity contribution >= 4 is 27.3 Å². The van der Waals surface area contributed by atoms with Gasteiger partial charge in [-0.2, -0.15) is 4.31 Å². The Morgan fingerprint density at radius 1 is 1.24 bits per heavy atom. The third-order valence-electron chi connectivity index (χ3n) is 4.84. The predicted molar refractivity (Wildman–Crippen MR) is 118 cm³/mol. The monoisotopic (exact) mass is 435 g/mol. The number of hydrogen-bond acceptors (Lipinski definition) is 5. The summed E-state index contributed by atoms with van der Waals surface area (Å²) in [5, 5.41) is 7.62. The third-order valence-corrected chi connectivity index (χ3v) is 7.70. The van der Waals surface area contributed by atoms with Gasteiger partial charge in [0, 0.05) is 50.7 Å². The maximum absolute atomic E-state index is 12.9. The first kappa shape index (κ1) is 21.7. The fourth-order valence-corrected chi connectivity index (χ4v) is 5.66. The fraction of sp³-hybridized carbons (Fsp3) is 0.500. The lowest BCUT2D eigenvalue weighted by Gasteiger charge is -2.26. The zero-order valence-electron chi connectivity index (χ0n) is 17.0. The Morgan fingerprint density at radius 2 is 2.03 bits per heavy atom. The molecule has 1 aliphatic rings. The SMILES string of the molecule is CN=C(NCCc1ncc(C)s1)NCc1cccc(S(=O)(=O)N2CCCCC2)c1. The second-order valence-electron chi connectivity index (χ2n) is 7.08. The van der Waals surface area contributed by atoms with Crippen LogP contribution in [0.4, 0.5) is 0 Å². The first-order chi connectivity index (χ1) is 14.0. The van der Waals surface area contributed by atoms with E-state index in [1.807, 2.05) is 12.3 Å². The third kappa shape index (κ3) is 6.01. The number of sulfonamides is 1. The number of rotatable bonds is 7. The molecule has 1 aliphatic heterocycles. The highest BCUT2D eigenvalue weighted by Crippen LogP contribution is 2.21. The van der Waals surface area contributed by atoms with Crippen molar-refractivity contribution in [1.29, 1.82) is 0 Å². The van der Waals surface area contributed by atoms with Crippen LogP contribution in [0.3, 0.4) is 0 Å². The molecule has 7 nitrogen and oxygen atoms in total. The zero-order chi connectivity index (χ0) is 20.7. The average Bonchev–Trinajstić information content (AvgIpc) is 3.16. The van der Waals surface area contributed by atoms with Gasteiger partial charge in [-0.3, -0.25) is 4.99 Å². The predicted octanol–water partition coefficient (Wildman–Crippen LogP) is 2.53. The molecule has 29 heavy (non-hydrogen) atoms. The summed E-state index contributed by atoms with van der Waals surface area (Å²) in [6.45, 7) is 4.50. The number of piperidine rings is 1. The lowest BCUT2D eigenvalue weighted by molar-refractivity contribution is 0.346. The molecule has 1 fully saturated rings. The van der Waals surface area contributed by atoms with Gasteiger partial charge in [0.25, 0.3) is 0 Å². The van der Waals surface area contributed by atoms with Crippen molar-refractivity contribution in [3.05, 3.63) is 45.9 Å². The summed E-state index contributed by atoms with van der Waals surface area (Å²) >= 11 is 1.70. The lowest BCUT2D eigenvalue weighted by atomic mass is 10.2. The molecule has 0 aliphatic carbocycles. The molecule has 0 saturated carbocycles. The second kappa shape index (κ2) is 10.2. The Hall–Kier alpha value is -1.97. The van der Waals surface area contributed by atoms with Crippen LogP contribution < -0.4 is 10.6 Å². The summed E-state index contributed by atoms with van der Waals surface area (Å²) in [5.74, 6) is 0.683. The quantitative estimate of drug-likeness (QED) is 0.516. The van der Waals surface area contributed by atoms with Crippen LogP contribution in [-0.2, 0) is 23.0 Å². The molecule has 0 bridgehead atoms. The van der Waals surface area contributed by atoms with Crippen LogP contribution in [0.15, 0.2) is 40.4 Å². The molecule has 0 atom stereocenters. The zero-order valence-corrected chi connectivity index (χ0v) is 18.7. The van der Waals surface area contributed by atoms with E-state index in [1.54, 1.807) is 40.9 Å². The second-order valence-corrected chi connectivity index (χ2v) is 10.3. The molecule has 0 radical (unpaired) electrons. The maximum atomic E-state index is 12.9. The number of aliphatic imine (C=N–C) groups is 1. The van der Waals surface area contributed by atoms with Crippen molar-refractivity contribution in [3.8, 4) is 0 Å². The Balaban J connectivity index is 1.55. The van der Waals surface area contributed by atoms with Crippen LogP contribution in [0.2, 0.25) is 0 Å². The molecule has 9 heteroatoms. The van der Waals surface area contributed by atoms with E-state index in [2.05, 4.69) is 27.5 Å². The molecule has 2 N–H and O–H groups in total. The van der Waals surface area contributed by atoms with Gasteiger partial charge in [0.1, 0.15) is 0 Å². The number of nitrogens with one attached hydrogen (secondary N) is 2. The molecular formula is C20H29N5O2S2. The summed E-state index contributed by atoms with van der Waals surface area (Å²) in [5.41, 5.74) is 0.904. The van der Waals surface area contributed by atoms with E-state index in [9.17, 15) is 8.42 Å². The topological polar surface area (TPSA) is 86.7 Å². The number of aromatic nitrogens is 1. The van der Waals surface area contributed by atoms with E-state index in [0.717, 1.165) is 42.8 Å². The van der Waals surface area contributed by atoms with Crippen molar-refractivity contribution in [1.82, 2.24) is 19.9 Å². The highest BCUT2D eigenvalue weighted by atomic mass is 32.2. The van der Waals surface area contributed by atoms with E-state index in [1.165, 1.54) is 4.88 Å². The van der Waals surface area contributed by atoms with Gasteiger partial charge in [0.2, 0.25) is 10.0 Å². The lowest BCUT2D eigenvalue weighted by Crippen LogP contribution is -2.38. The molecule has 0 spiro atoms. The smallest absolute Gasteiger partial charge is 0.243 e. The van der Waals surface area contributed by atoms with E-state index >= 15 is 0 Å². The van der Waals surface area contributed by atoms with Crippen molar-refractivity contribution in [2.75, 3.05) is 26.7 Å². The van der Waals surface area contributed by atoms with Crippen LogP contribution >= 0.6 is 11.3 Å². The van der Waals surface area contributed by atoms with Gasteiger partial charge >= 0.3 is 0 Å². The Bertz CT molecular complexity index is 934. The Labute approximate surface area is 177 Å². The standard InChI is InChI=1S/C20H29N5O2S2/c1-16-14-23-19(28-16)9-10-22-20(21-2)24-15-17-7-6-8-18(13-17)29(26,27)25-11-4-3-5-12-25/h6-8,13-14H,3-5,9-12,15H2,1-2H3,(H2,21,22,24). The highest BCUT2D eigenvalue weighted by molar-refractivity contribution is 7.89. The molecule has 1 aromatic carbocycles. The average molecular weight is 436 g/mol. The largest absolute Gasteiger partial charge is 0.356 e. The number of aryl methyl sites for hydroxylation is 1. The van der Waals surface area contributed by atoms with Crippen molar-refractivity contribution in [2.24, 2.45) is 4.99 Å². The van der Waals surface area contributed by atoms with Gasteiger partial charge < -0.3 is 10.6 Å². The van der Waals surface area contributed by atoms with Gasteiger partial charge in [-0.05, 0) is 37.5 Å². The minimum absolute atomic E-state index is 0.362. The minimum atomic E-state index is -3.42. The minimum Gasteiger partial charge on any atom is -0.356 e. The van der Waals surface area contributed by atoms with Crippen LogP contribution in [-0.4, -0.2) is 50.3 Å². The summed E-state index contributed by atoms with van der Waals surface area (Å²) < 4.78 is 27.4. The normalized spacial score (nSPS) is 16.0. The van der Waals surface area contributed by atoms with Crippen LogP contribution in [0.25, 0.3) is 0 Å². The summed E-state index contributed by atoms with van der Waals surface area (Å²) in [6, 6.07) is 7.15. The first-order valence-corrected chi connectivity index (χ1v) is 12.2. The van der Waals surface area contributed by atoms with Crippen LogP contribution in [0.5, 0.6) is 0 Å². The molecule has 2 aromatic rings. The van der Waals surface area contributed by atoms with Crippen molar-refractivity contribution < 1.29 is 8.42 Å². The molecule has 1 saturated heterocycles. The van der Waals surface area contributed by atoms with E-state index in [0.29, 0.717) is 30.5 Å². The van der Waals surface area contributed by atoms with Crippen molar-refractivity contribution in [3.63, 3.8) is 0 Å². The highest BCUT2D eigenvalue weighted by Gasteiger charge is 2.25. The van der Waals surface area contributed by atoms with Gasteiger partial charge in [0.05, 0.1) is 9.90 Å². The molecule has 3 rings (SSSR count). The summed E-state index contributed by atoms with van der Waals surface area (Å²) in [4.78, 5) is 10.2. The van der Waals surface area contributed by atoms with E-state index in [-0.39, 0.29) is 0 Å². The number of benzene rings is 1. The molecular weight excluding hydrogens is 406 g/mol. The van der Waals surface area contributed by atoms with Crippen LogP contribution in [0, 0.1) is 6.92 Å². The first-order valence-electron chi connectivity index (χ1n) is 9.94. The Kier molecular flexibility index (Phi) is 7.63. The number of hydrogen-bond donors (Lipinski definition) is 2. The Morgan fingerprint density at radius 3 is 2.72 bits per heavy atom. The summed E-state index contributed by atoms with van der Waals surface area (Å²) in [7, 11) is -1.70. The van der Waals surface area contributed by atoms with Gasteiger partial charge in [-0.15, -0.1) is 11.3 Å². The summed E-state index contributed by atoms with van der Waals surface area (Å²) in [6.07, 6.45) is 5.69. The number of guanidine groups is 1. The van der Waals surface area contributed by atoms with Gasteiger partial charge in [0.15, 0.2) is 5.96 Å². The van der Waals surface area contributed by atoms with Gasteiger partial charge in [-0.1, -0.05) is 18.6 Å². The molecule has 2 heterocycles. The number of thiazole rings is 1. The van der Waals surface area contributed by atoms with E-state index < -0.39 is 10.0 Å². The molecule has 158 valence electrons.